The fraction of sp³-hybridized carbons (Fsp3) is 0.462. The van der Waals surface area contributed by atoms with Crippen molar-refractivity contribution in [3.8, 4) is 0 Å². The third-order valence-corrected chi connectivity index (χ3v) is 4.76. The average Bonchev–Trinajstić information content (AvgIpc) is 2.26. The fourth-order valence-electron chi connectivity index (χ4n) is 1.96. The second-order valence-corrected chi connectivity index (χ2v) is 7.32. The summed E-state index contributed by atoms with van der Waals surface area (Å²) in [5.41, 5.74) is 0.970. The van der Waals surface area contributed by atoms with Gasteiger partial charge in [-0.15, -0.1) is 0 Å². The number of nitrogens with one attached hydrogen (secondary N) is 1. The van der Waals surface area contributed by atoms with Crippen molar-refractivity contribution in [2.75, 3.05) is 6.54 Å². The first-order chi connectivity index (χ1) is 8.97. The summed E-state index contributed by atoms with van der Waals surface area (Å²) in [6, 6.07) is 6.38. The van der Waals surface area contributed by atoms with Gasteiger partial charge in [-0.3, -0.25) is 4.79 Å². The molecule has 0 saturated heterocycles. The van der Waals surface area contributed by atoms with E-state index in [1.54, 1.807) is 12.1 Å². The van der Waals surface area contributed by atoms with Gasteiger partial charge in [0.2, 0.25) is 5.91 Å². The van der Waals surface area contributed by atoms with Crippen molar-refractivity contribution in [1.82, 2.24) is 5.32 Å². The Morgan fingerprint density at radius 3 is 2.37 bits per heavy atom. The zero-order valence-electron chi connectivity index (χ0n) is 10.4. The molecule has 0 aromatic heterocycles. The van der Waals surface area contributed by atoms with Crippen molar-refractivity contribution in [3.05, 3.63) is 29.8 Å². The van der Waals surface area contributed by atoms with Crippen LogP contribution in [0.4, 0.5) is 0 Å². The SMILES string of the molecule is O=C(NCCc1ccc(S(=O)(=O)Cl)cc1)C1CCC1. The third kappa shape index (κ3) is 3.94. The number of halogens is 1. The smallest absolute Gasteiger partial charge is 0.261 e. The Balaban J connectivity index is 1.81. The predicted octanol–water partition coefficient (Wildman–Crippen LogP) is 2.07. The highest BCUT2D eigenvalue weighted by Crippen LogP contribution is 2.26. The lowest BCUT2D eigenvalue weighted by Gasteiger charge is -2.24. The van der Waals surface area contributed by atoms with Crippen LogP contribution in [-0.2, 0) is 20.3 Å². The second kappa shape index (κ2) is 5.92. The minimum absolute atomic E-state index is 0.0939. The third-order valence-electron chi connectivity index (χ3n) is 3.39. The van der Waals surface area contributed by atoms with Gasteiger partial charge in [0.25, 0.3) is 9.05 Å². The lowest BCUT2D eigenvalue weighted by Crippen LogP contribution is -2.35. The number of rotatable bonds is 5. The highest BCUT2D eigenvalue weighted by atomic mass is 35.7. The molecular weight excluding hydrogens is 286 g/mol. The molecule has 0 unspecified atom stereocenters. The molecule has 0 bridgehead atoms. The highest BCUT2D eigenvalue weighted by Gasteiger charge is 2.24. The summed E-state index contributed by atoms with van der Waals surface area (Å²) in [5.74, 6) is 0.329. The Hall–Kier alpha value is -1.07. The maximum Gasteiger partial charge on any atom is 0.261 e. The molecule has 1 saturated carbocycles. The van der Waals surface area contributed by atoms with Gasteiger partial charge in [-0.05, 0) is 37.0 Å². The van der Waals surface area contributed by atoms with E-state index in [0.29, 0.717) is 13.0 Å². The molecule has 4 nitrogen and oxygen atoms in total. The zero-order valence-corrected chi connectivity index (χ0v) is 12.0. The Bertz CT molecular complexity index is 550. The number of hydrogen-bond acceptors (Lipinski definition) is 3. The first-order valence-electron chi connectivity index (χ1n) is 6.28. The highest BCUT2D eigenvalue weighted by molar-refractivity contribution is 8.13. The summed E-state index contributed by atoms with van der Waals surface area (Å²) in [6.07, 6.45) is 3.82. The van der Waals surface area contributed by atoms with E-state index in [4.69, 9.17) is 10.7 Å². The van der Waals surface area contributed by atoms with Crippen molar-refractivity contribution in [1.29, 1.82) is 0 Å². The molecule has 19 heavy (non-hydrogen) atoms. The van der Waals surface area contributed by atoms with Crippen LogP contribution in [-0.4, -0.2) is 20.9 Å². The monoisotopic (exact) mass is 301 g/mol. The second-order valence-electron chi connectivity index (χ2n) is 4.75. The van der Waals surface area contributed by atoms with Crippen LogP contribution in [0.15, 0.2) is 29.2 Å². The van der Waals surface area contributed by atoms with Gasteiger partial charge < -0.3 is 5.32 Å². The predicted molar refractivity (Wildman–Crippen MR) is 73.5 cm³/mol. The van der Waals surface area contributed by atoms with Crippen LogP contribution in [0, 0.1) is 5.92 Å². The van der Waals surface area contributed by atoms with Crippen LogP contribution < -0.4 is 5.32 Å². The first kappa shape index (κ1) is 14.3. The van der Waals surface area contributed by atoms with E-state index in [0.717, 1.165) is 24.8 Å². The van der Waals surface area contributed by atoms with E-state index < -0.39 is 9.05 Å². The molecule has 0 spiro atoms. The van der Waals surface area contributed by atoms with Crippen molar-refractivity contribution in [2.24, 2.45) is 5.92 Å². The topological polar surface area (TPSA) is 63.2 Å². The molecule has 1 aromatic carbocycles. The summed E-state index contributed by atoms with van der Waals surface area (Å²) in [4.78, 5) is 11.7. The Labute approximate surface area is 117 Å². The molecule has 1 aliphatic rings. The van der Waals surface area contributed by atoms with Crippen molar-refractivity contribution < 1.29 is 13.2 Å². The first-order valence-corrected chi connectivity index (χ1v) is 8.59. The molecule has 0 atom stereocenters. The van der Waals surface area contributed by atoms with Crippen molar-refractivity contribution >= 4 is 25.6 Å². The van der Waals surface area contributed by atoms with E-state index in [9.17, 15) is 13.2 Å². The van der Waals surface area contributed by atoms with Gasteiger partial charge in [0.1, 0.15) is 0 Å². The van der Waals surface area contributed by atoms with Crippen LogP contribution in [0.1, 0.15) is 24.8 Å². The fourth-order valence-corrected chi connectivity index (χ4v) is 2.73. The largest absolute Gasteiger partial charge is 0.356 e. The summed E-state index contributed by atoms with van der Waals surface area (Å²) >= 11 is 0. The Morgan fingerprint density at radius 1 is 1.26 bits per heavy atom. The molecule has 0 radical (unpaired) electrons. The van der Waals surface area contributed by atoms with E-state index in [1.165, 1.54) is 12.1 Å². The van der Waals surface area contributed by atoms with Gasteiger partial charge in [0.15, 0.2) is 0 Å². The average molecular weight is 302 g/mol. The zero-order chi connectivity index (χ0) is 13.9. The summed E-state index contributed by atoms with van der Waals surface area (Å²) in [7, 11) is 1.57. The molecule has 2 rings (SSSR count). The molecule has 0 heterocycles. The van der Waals surface area contributed by atoms with Gasteiger partial charge in [0, 0.05) is 23.1 Å². The lowest BCUT2D eigenvalue weighted by molar-refractivity contribution is -0.127. The molecule has 1 aliphatic carbocycles. The summed E-state index contributed by atoms with van der Waals surface area (Å²) in [5, 5.41) is 2.89. The van der Waals surface area contributed by atoms with Gasteiger partial charge >= 0.3 is 0 Å². The maximum atomic E-state index is 11.6. The number of carbonyl (C=O) groups is 1. The van der Waals surface area contributed by atoms with E-state index in [2.05, 4.69) is 5.32 Å². The quantitative estimate of drug-likeness (QED) is 0.847. The number of hydrogen-bond donors (Lipinski definition) is 1. The van der Waals surface area contributed by atoms with Crippen LogP contribution in [0.2, 0.25) is 0 Å². The van der Waals surface area contributed by atoms with Gasteiger partial charge in [-0.1, -0.05) is 18.6 Å². The maximum absolute atomic E-state index is 11.6. The van der Waals surface area contributed by atoms with Crippen molar-refractivity contribution in [2.45, 2.75) is 30.6 Å². The molecule has 104 valence electrons. The van der Waals surface area contributed by atoms with Crippen LogP contribution in [0.3, 0.4) is 0 Å². The minimum atomic E-state index is -3.66. The van der Waals surface area contributed by atoms with Crippen LogP contribution >= 0.6 is 10.7 Å². The Kier molecular flexibility index (Phi) is 4.47. The molecule has 1 aromatic rings. The van der Waals surface area contributed by atoms with Crippen LogP contribution in [0.25, 0.3) is 0 Å². The molecular formula is C13H16ClNO3S. The molecule has 1 amide bonds. The van der Waals surface area contributed by atoms with E-state index in [-0.39, 0.29) is 16.7 Å². The van der Waals surface area contributed by atoms with E-state index >= 15 is 0 Å². The lowest BCUT2D eigenvalue weighted by atomic mass is 9.85. The molecule has 6 heteroatoms. The standard InChI is InChI=1S/C13H16ClNO3S/c14-19(17,18)12-6-4-10(5-7-12)8-9-15-13(16)11-2-1-3-11/h4-7,11H,1-3,8-9H2,(H,15,16). The minimum Gasteiger partial charge on any atom is -0.356 e. The van der Waals surface area contributed by atoms with Crippen molar-refractivity contribution in [3.63, 3.8) is 0 Å². The number of benzene rings is 1. The normalized spacial score (nSPS) is 15.8. The number of carbonyl (C=O) groups excluding carboxylic acids is 1. The van der Waals surface area contributed by atoms with Gasteiger partial charge in [0.05, 0.1) is 4.90 Å². The van der Waals surface area contributed by atoms with Crippen LogP contribution in [0.5, 0.6) is 0 Å². The summed E-state index contributed by atoms with van der Waals surface area (Å²) < 4.78 is 22.1. The molecule has 0 aliphatic heterocycles. The molecule has 1 N–H and O–H groups in total. The summed E-state index contributed by atoms with van der Waals surface area (Å²) in [6.45, 7) is 0.572. The number of amides is 1. The van der Waals surface area contributed by atoms with Gasteiger partial charge in [-0.2, -0.15) is 0 Å². The molecule has 1 fully saturated rings. The van der Waals surface area contributed by atoms with E-state index in [1.807, 2.05) is 0 Å². The Morgan fingerprint density at radius 2 is 1.89 bits per heavy atom. The van der Waals surface area contributed by atoms with Gasteiger partial charge in [-0.25, -0.2) is 8.42 Å².